The van der Waals surface area contributed by atoms with Crippen LogP contribution in [0.2, 0.25) is 0 Å². The van der Waals surface area contributed by atoms with Crippen molar-refractivity contribution in [1.29, 1.82) is 0 Å². The average molecular weight is 345 g/mol. The fourth-order valence-corrected chi connectivity index (χ4v) is 4.12. The molecule has 6 heteroatoms. The van der Waals surface area contributed by atoms with Crippen LogP contribution < -0.4 is 0 Å². The van der Waals surface area contributed by atoms with Gasteiger partial charge in [-0.05, 0) is 37.5 Å². The fraction of sp³-hybridized carbons (Fsp3) is 0.737. The Hall–Kier alpha value is -1.85. The first-order valence-corrected chi connectivity index (χ1v) is 9.44. The van der Waals surface area contributed by atoms with E-state index in [1.807, 2.05) is 30.7 Å². The van der Waals surface area contributed by atoms with Crippen molar-refractivity contribution in [3.8, 4) is 0 Å². The summed E-state index contributed by atoms with van der Waals surface area (Å²) in [5.74, 6) is 1.41. The number of carbonyl (C=O) groups is 2. The minimum atomic E-state index is -0.0517. The summed E-state index contributed by atoms with van der Waals surface area (Å²) in [4.78, 5) is 29.0. The zero-order valence-corrected chi connectivity index (χ0v) is 15.3. The third-order valence-electron chi connectivity index (χ3n) is 6.29. The molecular weight excluding hydrogens is 318 g/mol. The molecule has 136 valence electrons. The second-order valence-corrected chi connectivity index (χ2v) is 8.36. The number of piperidine rings is 1. The van der Waals surface area contributed by atoms with Crippen molar-refractivity contribution in [3.63, 3.8) is 0 Å². The highest BCUT2D eigenvalue weighted by molar-refractivity contribution is 5.92. The molecule has 6 nitrogen and oxygen atoms in total. The third kappa shape index (κ3) is 2.96. The van der Waals surface area contributed by atoms with Crippen molar-refractivity contribution in [2.24, 2.45) is 11.3 Å². The van der Waals surface area contributed by atoms with Crippen LogP contribution in [0, 0.1) is 11.3 Å². The van der Waals surface area contributed by atoms with Gasteiger partial charge in [-0.1, -0.05) is 19.0 Å². The van der Waals surface area contributed by atoms with E-state index >= 15 is 0 Å². The maximum Gasteiger partial charge on any atom is 0.276 e. The summed E-state index contributed by atoms with van der Waals surface area (Å²) in [7, 11) is 1.95. The van der Waals surface area contributed by atoms with Crippen molar-refractivity contribution in [2.75, 3.05) is 20.1 Å². The Morgan fingerprint density at radius 1 is 1.32 bits per heavy atom. The molecule has 1 saturated heterocycles. The standard InChI is InChI=1S/C19H27N3O3/c1-12(2)16-10-15(20-25-16)18(24)22-8-6-19(7-9-22)11-14(19)17(23)21(3)13-4-5-13/h10,12-14H,4-9,11H2,1-3H3. The number of hydrogen-bond acceptors (Lipinski definition) is 4. The van der Waals surface area contributed by atoms with E-state index in [9.17, 15) is 9.59 Å². The first-order valence-electron chi connectivity index (χ1n) is 9.44. The zero-order valence-electron chi connectivity index (χ0n) is 15.3. The molecule has 0 radical (unpaired) electrons. The van der Waals surface area contributed by atoms with Gasteiger partial charge in [0, 0.05) is 44.1 Å². The molecule has 3 fully saturated rings. The van der Waals surface area contributed by atoms with Crippen molar-refractivity contribution in [3.05, 3.63) is 17.5 Å². The molecule has 2 heterocycles. The number of likely N-dealkylation sites (tertiary alicyclic amines) is 1. The lowest BCUT2D eigenvalue weighted by atomic mass is 9.90. The molecule has 25 heavy (non-hydrogen) atoms. The Labute approximate surface area is 148 Å². The summed E-state index contributed by atoms with van der Waals surface area (Å²) in [5.41, 5.74) is 0.542. The van der Waals surface area contributed by atoms with E-state index in [0.717, 1.165) is 37.9 Å². The number of nitrogens with zero attached hydrogens (tertiary/aromatic N) is 3. The lowest BCUT2D eigenvalue weighted by Gasteiger charge is -2.32. The molecule has 2 aliphatic carbocycles. The van der Waals surface area contributed by atoms with Crippen molar-refractivity contribution in [1.82, 2.24) is 15.0 Å². The molecule has 3 aliphatic rings. The topological polar surface area (TPSA) is 66.7 Å². The van der Waals surface area contributed by atoms with Crippen LogP contribution in [0.25, 0.3) is 0 Å². The molecule has 1 aliphatic heterocycles. The van der Waals surface area contributed by atoms with E-state index in [4.69, 9.17) is 4.52 Å². The largest absolute Gasteiger partial charge is 0.360 e. The van der Waals surface area contributed by atoms with Crippen LogP contribution in [-0.4, -0.2) is 52.9 Å². The van der Waals surface area contributed by atoms with Gasteiger partial charge in [0.25, 0.3) is 5.91 Å². The number of rotatable bonds is 4. The second-order valence-electron chi connectivity index (χ2n) is 8.36. The Bertz CT molecular complexity index is 684. The zero-order chi connectivity index (χ0) is 17.8. The van der Waals surface area contributed by atoms with E-state index in [1.165, 1.54) is 0 Å². The molecule has 1 aromatic heterocycles. The number of amides is 2. The van der Waals surface area contributed by atoms with Gasteiger partial charge >= 0.3 is 0 Å². The van der Waals surface area contributed by atoms with Crippen molar-refractivity contribution in [2.45, 2.75) is 57.9 Å². The summed E-state index contributed by atoms with van der Waals surface area (Å²) < 4.78 is 5.25. The van der Waals surface area contributed by atoms with E-state index in [2.05, 4.69) is 5.16 Å². The quantitative estimate of drug-likeness (QED) is 0.841. The molecule has 1 aromatic rings. The van der Waals surface area contributed by atoms with Gasteiger partial charge in [0.15, 0.2) is 5.69 Å². The molecule has 4 rings (SSSR count). The number of hydrogen-bond donors (Lipinski definition) is 0. The van der Waals surface area contributed by atoms with Gasteiger partial charge in [0.05, 0.1) is 0 Å². The van der Waals surface area contributed by atoms with E-state index in [0.29, 0.717) is 30.7 Å². The first kappa shape index (κ1) is 16.6. The summed E-state index contributed by atoms with van der Waals surface area (Å²) in [6.07, 6.45) is 5.14. The monoisotopic (exact) mass is 345 g/mol. The maximum atomic E-state index is 12.6. The maximum absolute atomic E-state index is 12.6. The average Bonchev–Trinajstić information content (AvgIpc) is 3.51. The van der Waals surface area contributed by atoms with Crippen LogP contribution >= 0.6 is 0 Å². The van der Waals surface area contributed by atoms with Gasteiger partial charge in [0.2, 0.25) is 5.91 Å². The summed E-state index contributed by atoms with van der Waals surface area (Å²) in [6, 6.07) is 2.24. The smallest absolute Gasteiger partial charge is 0.276 e. The van der Waals surface area contributed by atoms with Crippen molar-refractivity contribution < 1.29 is 14.1 Å². The Morgan fingerprint density at radius 2 is 2.00 bits per heavy atom. The van der Waals surface area contributed by atoms with E-state index in [-0.39, 0.29) is 23.2 Å². The predicted octanol–water partition coefficient (Wildman–Crippen LogP) is 2.66. The second kappa shape index (κ2) is 5.85. The van der Waals surface area contributed by atoms with Gasteiger partial charge in [-0.3, -0.25) is 9.59 Å². The molecule has 0 N–H and O–H groups in total. The van der Waals surface area contributed by atoms with Crippen LogP contribution in [0.3, 0.4) is 0 Å². The normalized spacial score (nSPS) is 24.6. The first-order chi connectivity index (χ1) is 11.9. The fourth-order valence-electron chi connectivity index (χ4n) is 4.12. The molecular formula is C19H27N3O3. The molecule has 1 spiro atoms. The third-order valence-corrected chi connectivity index (χ3v) is 6.29. The minimum Gasteiger partial charge on any atom is -0.360 e. The lowest BCUT2D eigenvalue weighted by Crippen LogP contribution is -2.41. The number of carbonyl (C=O) groups excluding carboxylic acids is 2. The van der Waals surface area contributed by atoms with Crippen LogP contribution in [-0.2, 0) is 4.79 Å². The van der Waals surface area contributed by atoms with Gasteiger partial charge in [0.1, 0.15) is 5.76 Å². The Morgan fingerprint density at radius 3 is 2.56 bits per heavy atom. The van der Waals surface area contributed by atoms with Gasteiger partial charge in [-0.2, -0.15) is 0 Å². The summed E-state index contributed by atoms with van der Waals surface area (Å²) in [6.45, 7) is 5.45. The van der Waals surface area contributed by atoms with Gasteiger partial charge in [-0.15, -0.1) is 0 Å². The van der Waals surface area contributed by atoms with Gasteiger partial charge < -0.3 is 14.3 Å². The molecule has 1 unspecified atom stereocenters. The van der Waals surface area contributed by atoms with E-state index in [1.54, 1.807) is 6.07 Å². The van der Waals surface area contributed by atoms with Crippen LogP contribution in [0.4, 0.5) is 0 Å². The van der Waals surface area contributed by atoms with Crippen LogP contribution in [0.15, 0.2) is 10.6 Å². The van der Waals surface area contributed by atoms with Gasteiger partial charge in [-0.25, -0.2) is 0 Å². The summed E-state index contributed by atoms with van der Waals surface area (Å²) in [5, 5.41) is 3.93. The lowest BCUT2D eigenvalue weighted by molar-refractivity contribution is -0.132. The predicted molar refractivity (Wildman–Crippen MR) is 92.1 cm³/mol. The SMILES string of the molecule is CC(C)c1cc(C(=O)N2CCC3(CC2)CC3C(=O)N(C)C2CC2)no1. The highest BCUT2D eigenvalue weighted by atomic mass is 16.5. The molecule has 2 saturated carbocycles. The van der Waals surface area contributed by atoms with Crippen LogP contribution in [0.1, 0.15) is 68.1 Å². The van der Waals surface area contributed by atoms with E-state index < -0.39 is 0 Å². The summed E-state index contributed by atoms with van der Waals surface area (Å²) >= 11 is 0. The minimum absolute atomic E-state index is 0.0517. The molecule has 0 aromatic carbocycles. The Balaban J connectivity index is 1.34. The highest BCUT2D eigenvalue weighted by Crippen LogP contribution is 2.60. The highest BCUT2D eigenvalue weighted by Gasteiger charge is 2.60. The molecule has 2 amide bonds. The molecule has 0 bridgehead atoms. The number of aromatic nitrogens is 1. The molecule has 1 atom stereocenters. The Kier molecular flexibility index (Phi) is 3.89. The van der Waals surface area contributed by atoms with Crippen LogP contribution in [0.5, 0.6) is 0 Å². The van der Waals surface area contributed by atoms with Crippen molar-refractivity contribution >= 4 is 11.8 Å².